The third-order valence-electron chi connectivity index (χ3n) is 1.78. The predicted octanol–water partition coefficient (Wildman–Crippen LogP) is 1.88. The molecular weight excluding hydrogens is 281 g/mol. The van der Waals surface area contributed by atoms with Gasteiger partial charge < -0.3 is 4.84 Å². The van der Waals surface area contributed by atoms with Crippen molar-refractivity contribution in [3.05, 3.63) is 32.9 Å². The standard InChI is InChI=1S/C9H10INO2/c1-2-6-3-4-7(5-8(6)10)9(12)13-11/h3-5H,2,11H2,1H3. The van der Waals surface area contributed by atoms with Crippen LogP contribution in [0.15, 0.2) is 18.2 Å². The van der Waals surface area contributed by atoms with E-state index >= 15 is 0 Å². The topological polar surface area (TPSA) is 52.3 Å². The van der Waals surface area contributed by atoms with Gasteiger partial charge in [0, 0.05) is 3.57 Å². The van der Waals surface area contributed by atoms with E-state index in [0.29, 0.717) is 5.56 Å². The Balaban J connectivity index is 3.02. The zero-order valence-corrected chi connectivity index (χ0v) is 9.37. The van der Waals surface area contributed by atoms with E-state index in [1.54, 1.807) is 12.1 Å². The van der Waals surface area contributed by atoms with Gasteiger partial charge in [0.1, 0.15) is 0 Å². The summed E-state index contributed by atoms with van der Waals surface area (Å²) in [6.45, 7) is 2.07. The fourth-order valence-corrected chi connectivity index (χ4v) is 1.93. The number of carbonyl (C=O) groups is 1. The van der Waals surface area contributed by atoms with E-state index < -0.39 is 5.97 Å². The molecule has 0 aliphatic rings. The van der Waals surface area contributed by atoms with Crippen molar-refractivity contribution >= 4 is 28.6 Å². The Kier molecular flexibility index (Phi) is 3.68. The number of rotatable bonds is 2. The van der Waals surface area contributed by atoms with Gasteiger partial charge in [0.25, 0.3) is 0 Å². The molecule has 0 spiro atoms. The summed E-state index contributed by atoms with van der Waals surface area (Å²) < 4.78 is 1.06. The SMILES string of the molecule is CCc1ccc(C(=O)ON)cc1I. The van der Waals surface area contributed by atoms with Crippen LogP contribution in [-0.2, 0) is 11.3 Å². The summed E-state index contributed by atoms with van der Waals surface area (Å²) in [4.78, 5) is 15.1. The molecule has 1 aromatic rings. The number of halogens is 1. The van der Waals surface area contributed by atoms with Gasteiger partial charge in [-0.2, -0.15) is 5.90 Å². The minimum atomic E-state index is -0.499. The van der Waals surface area contributed by atoms with Crippen molar-refractivity contribution in [3.63, 3.8) is 0 Å². The highest BCUT2D eigenvalue weighted by Crippen LogP contribution is 2.15. The molecule has 0 saturated carbocycles. The lowest BCUT2D eigenvalue weighted by Gasteiger charge is -2.03. The van der Waals surface area contributed by atoms with Crippen LogP contribution in [0.25, 0.3) is 0 Å². The van der Waals surface area contributed by atoms with Gasteiger partial charge in [-0.25, -0.2) is 4.79 Å². The number of benzene rings is 1. The maximum absolute atomic E-state index is 11.0. The zero-order chi connectivity index (χ0) is 9.84. The molecule has 1 rings (SSSR count). The highest BCUT2D eigenvalue weighted by atomic mass is 127. The lowest BCUT2D eigenvalue weighted by atomic mass is 10.1. The molecule has 3 nitrogen and oxygen atoms in total. The molecule has 0 radical (unpaired) electrons. The predicted molar refractivity (Wildman–Crippen MR) is 58.1 cm³/mol. The fourth-order valence-electron chi connectivity index (χ4n) is 1.03. The Morgan fingerprint density at radius 3 is 2.77 bits per heavy atom. The number of hydrogen-bond acceptors (Lipinski definition) is 3. The van der Waals surface area contributed by atoms with Crippen LogP contribution in [0, 0.1) is 3.57 Å². The van der Waals surface area contributed by atoms with E-state index in [-0.39, 0.29) is 0 Å². The molecule has 0 aliphatic heterocycles. The molecule has 0 unspecified atom stereocenters. The lowest BCUT2D eigenvalue weighted by molar-refractivity contribution is 0.0503. The van der Waals surface area contributed by atoms with Gasteiger partial charge in [-0.05, 0) is 46.7 Å². The number of carbonyl (C=O) groups excluding carboxylic acids is 1. The van der Waals surface area contributed by atoms with Crippen molar-refractivity contribution < 1.29 is 9.63 Å². The van der Waals surface area contributed by atoms with Gasteiger partial charge in [-0.1, -0.05) is 13.0 Å². The zero-order valence-electron chi connectivity index (χ0n) is 7.21. The molecule has 2 N–H and O–H groups in total. The Morgan fingerprint density at radius 2 is 2.31 bits per heavy atom. The largest absolute Gasteiger partial charge is 0.370 e. The minimum absolute atomic E-state index is 0.490. The van der Waals surface area contributed by atoms with Crippen molar-refractivity contribution in [2.45, 2.75) is 13.3 Å². The first-order chi connectivity index (χ1) is 6.19. The summed E-state index contributed by atoms with van der Waals surface area (Å²) in [5, 5.41) is 0. The Hall–Kier alpha value is -0.620. The van der Waals surface area contributed by atoms with Gasteiger partial charge >= 0.3 is 5.97 Å². The van der Waals surface area contributed by atoms with Gasteiger partial charge in [0.2, 0.25) is 0 Å². The first kappa shape index (κ1) is 10.5. The smallest absolute Gasteiger partial charge is 0.356 e. The van der Waals surface area contributed by atoms with Crippen LogP contribution >= 0.6 is 22.6 Å². The van der Waals surface area contributed by atoms with Crippen LogP contribution in [0.3, 0.4) is 0 Å². The van der Waals surface area contributed by atoms with Gasteiger partial charge in [-0.3, -0.25) is 0 Å². The van der Waals surface area contributed by atoms with Crippen molar-refractivity contribution in [2.24, 2.45) is 5.90 Å². The number of hydrogen-bond donors (Lipinski definition) is 1. The van der Waals surface area contributed by atoms with Crippen LogP contribution in [0.2, 0.25) is 0 Å². The molecule has 4 heteroatoms. The highest BCUT2D eigenvalue weighted by molar-refractivity contribution is 14.1. The normalized spacial score (nSPS) is 9.77. The third kappa shape index (κ3) is 2.41. The minimum Gasteiger partial charge on any atom is -0.370 e. The van der Waals surface area contributed by atoms with Crippen LogP contribution in [0.4, 0.5) is 0 Å². The first-order valence-electron chi connectivity index (χ1n) is 3.88. The van der Waals surface area contributed by atoms with Crippen LogP contribution in [0.1, 0.15) is 22.8 Å². The van der Waals surface area contributed by atoms with Crippen LogP contribution in [0.5, 0.6) is 0 Å². The Bertz CT molecular complexity index is 325. The van der Waals surface area contributed by atoms with Crippen molar-refractivity contribution in [2.75, 3.05) is 0 Å². The maximum atomic E-state index is 11.0. The van der Waals surface area contributed by atoms with E-state index in [0.717, 1.165) is 9.99 Å². The van der Waals surface area contributed by atoms with E-state index in [1.807, 2.05) is 6.07 Å². The second-order valence-corrected chi connectivity index (χ2v) is 3.73. The maximum Gasteiger partial charge on any atom is 0.356 e. The van der Waals surface area contributed by atoms with Crippen molar-refractivity contribution in [1.29, 1.82) is 0 Å². The lowest BCUT2D eigenvalue weighted by Crippen LogP contribution is -2.10. The molecule has 0 aliphatic carbocycles. The van der Waals surface area contributed by atoms with Crippen molar-refractivity contribution in [3.8, 4) is 0 Å². The molecule has 13 heavy (non-hydrogen) atoms. The van der Waals surface area contributed by atoms with E-state index in [9.17, 15) is 4.79 Å². The van der Waals surface area contributed by atoms with E-state index in [4.69, 9.17) is 5.90 Å². The summed E-state index contributed by atoms with van der Waals surface area (Å²) in [7, 11) is 0. The van der Waals surface area contributed by atoms with Gasteiger partial charge in [0.05, 0.1) is 5.56 Å². The Labute approximate surface area is 90.4 Å². The molecule has 0 aromatic heterocycles. The highest BCUT2D eigenvalue weighted by Gasteiger charge is 2.07. The van der Waals surface area contributed by atoms with Crippen molar-refractivity contribution in [1.82, 2.24) is 0 Å². The number of aryl methyl sites for hydroxylation is 1. The molecule has 0 amide bonds. The van der Waals surface area contributed by atoms with E-state index in [2.05, 4.69) is 34.4 Å². The van der Waals surface area contributed by atoms with Gasteiger partial charge in [0.15, 0.2) is 0 Å². The second kappa shape index (κ2) is 4.57. The average Bonchev–Trinajstić information content (AvgIpc) is 2.16. The third-order valence-corrected chi connectivity index (χ3v) is 2.78. The molecule has 70 valence electrons. The number of nitrogens with two attached hydrogens (primary N) is 1. The summed E-state index contributed by atoms with van der Waals surface area (Å²) >= 11 is 2.19. The fraction of sp³-hybridized carbons (Fsp3) is 0.222. The van der Waals surface area contributed by atoms with Crippen LogP contribution < -0.4 is 5.90 Å². The molecule has 0 fully saturated rings. The molecule has 1 aromatic carbocycles. The molecule has 0 saturated heterocycles. The average molecular weight is 291 g/mol. The molecule has 0 atom stereocenters. The summed E-state index contributed by atoms with van der Waals surface area (Å²) in [6.07, 6.45) is 0.955. The molecule has 0 bridgehead atoms. The Morgan fingerprint density at radius 1 is 1.62 bits per heavy atom. The monoisotopic (exact) mass is 291 g/mol. The quantitative estimate of drug-likeness (QED) is 0.668. The summed E-state index contributed by atoms with van der Waals surface area (Å²) in [5.74, 6) is 4.27. The molecule has 0 heterocycles. The summed E-state index contributed by atoms with van der Waals surface area (Å²) in [5.41, 5.74) is 1.71. The molecular formula is C9H10INO2. The second-order valence-electron chi connectivity index (χ2n) is 2.57. The van der Waals surface area contributed by atoms with E-state index in [1.165, 1.54) is 5.56 Å². The van der Waals surface area contributed by atoms with Crippen LogP contribution in [-0.4, -0.2) is 5.97 Å². The summed E-state index contributed by atoms with van der Waals surface area (Å²) in [6, 6.07) is 5.40. The van der Waals surface area contributed by atoms with Gasteiger partial charge in [-0.15, -0.1) is 0 Å². The first-order valence-corrected chi connectivity index (χ1v) is 4.96.